The van der Waals surface area contributed by atoms with Crippen LogP contribution in [0.25, 0.3) is 0 Å². The molecule has 2 aromatic rings. The molecule has 0 amide bonds. The third kappa shape index (κ3) is 11.9. The summed E-state index contributed by atoms with van der Waals surface area (Å²) < 4.78 is 12.2. The Hall–Kier alpha value is -1.27. The summed E-state index contributed by atoms with van der Waals surface area (Å²) in [5, 5.41) is 0. The van der Waals surface area contributed by atoms with Crippen molar-refractivity contribution in [3.05, 3.63) is 37.4 Å². The van der Waals surface area contributed by atoms with E-state index < -0.39 is 8.60 Å². The molecule has 0 spiro atoms. The van der Waals surface area contributed by atoms with Crippen LogP contribution in [0.4, 0.5) is 0 Å². The Morgan fingerprint density at radius 2 is 1.26 bits per heavy atom. The number of imidazole rings is 2. The first kappa shape index (κ1) is 21.7. The second-order valence-corrected chi connectivity index (χ2v) is 5.85. The molecule has 132 valence electrons. The molecule has 0 saturated heterocycles. The lowest BCUT2D eigenvalue weighted by Crippen LogP contribution is -2.23. The highest BCUT2D eigenvalue weighted by Gasteiger charge is 1.95. The fourth-order valence-electron chi connectivity index (χ4n) is 1.78. The minimum absolute atomic E-state index is 1.10. The van der Waals surface area contributed by atoms with Crippen LogP contribution in [-0.2, 0) is 31.7 Å². The van der Waals surface area contributed by atoms with E-state index in [4.69, 9.17) is 0 Å². The number of aromatic nitrogens is 4. The van der Waals surface area contributed by atoms with Gasteiger partial charge in [0.05, 0.1) is 27.2 Å². The molecule has 8 heteroatoms. The predicted molar refractivity (Wildman–Crippen MR) is 85.7 cm³/mol. The highest BCUT2D eigenvalue weighted by atomic mass is 31.2. The zero-order valence-electron chi connectivity index (χ0n) is 14.8. The van der Waals surface area contributed by atoms with Gasteiger partial charge in [0.25, 0.3) is 0 Å². The molecule has 2 rings (SSSR count). The summed E-state index contributed by atoms with van der Waals surface area (Å²) in [6.45, 7) is 6.61. The summed E-state index contributed by atoms with van der Waals surface area (Å²) in [5.41, 5.74) is 0. The van der Waals surface area contributed by atoms with Crippen molar-refractivity contribution < 1.29 is 23.4 Å². The summed E-state index contributed by atoms with van der Waals surface area (Å²) in [6.07, 6.45) is 14.9. The van der Waals surface area contributed by atoms with Gasteiger partial charge >= 0.3 is 0 Å². The monoisotopic (exact) mass is 344 g/mol. The van der Waals surface area contributed by atoms with Crippen molar-refractivity contribution in [1.29, 1.82) is 0 Å². The molecule has 2 aromatic heterocycles. The van der Waals surface area contributed by atoms with Crippen LogP contribution in [0, 0.1) is 0 Å². The molecule has 0 aliphatic heterocycles. The molecular weight excluding hydrogens is 315 g/mol. The summed E-state index contributed by atoms with van der Waals surface area (Å²) in [6, 6.07) is 0. The highest BCUT2D eigenvalue weighted by Crippen LogP contribution is 2.07. The normalized spacial score (nSPS) is 9.91. The van der Waals surface area contributed by atoms with E-state index in [-0.39, 0.29) is 0 Å². The highest BCUT2D eigenvalue weighted by molar-refractivity contribution is 7.36. The van der Waals surface area contributed by atoms with Gasteiger partial charge in [-0.3, -0.25) is 0 Å². The van der Waals surface area contributed by atoms with E-state index in [9.17, 15) is 9.79 Å². The van der Waals surface area contributed by atoms with Crippen LogP contribution in [0.5, 0.6) is 0 Å². The maximum Gasteiger partial charge on any atom is 0.243 e. The van der Waals surface area contributed by atoms with E-state index in [0.29, 0.717) is 0 Å². The standard InChI is InChI=1S/2C7H13N2.CH3O3P/c2*1-3-4-9-6-5-8(2)7-9;1-4-5(2)3/h2*5-7H,3-4H2,1-2H3;1H3/q2*+1;-2. The molecule has 0 aliphatic rings. The zero-order chi connectivity index (χ0) is 17.7. The predicted octanol–water partition coefficient (Wildman–Crippen LogP) is 0.0255. The van der Waals surface area contributed by atoms with Crippen LogP contribution in [0.2, 0.25) is 0 Å². The van der Waals surface area contributed by atoms with Gasteiger partial charge in [-0.1, -0.05) is 13.8 Å². The maximum atomic E-state index is 9.18. The van der Waals surface area contributed by atoms with Crippen molar-refractivity contribution in [1.82, 2.24) is 9.13 Å². The van der Waals surface area contributed by atoms with Crippen molar-refractivity contribution in [3.8, 4) is 0 Å². The molecule has 0 bridgehead atoms. The lowest BCUT2D eigenvalue weighted by Gasteiger charge is -2.25. The van der Waals surface area contributed by atoms with Gasteiger partial charge in [-0.05, 0) is 12.8 Å². The number of nitrogens with zero attached hydrogens (tertiary/aromatic N) is 4. The van der Waals surface area contributed by atoms with Gasteiger partial charge in [-0.25, -0.2) is 18.3 Å². The molecular formula is C15H29N4O3P. The summed E-state index contributed by atoms with van der Waals surface area (Å²) in [4.78, 5) is 18.4. The third-order valence-corrected chi connectivity index (χ3v) is 3.06. The maximum absolute atomic E-state index is 9.18. The molecule has 0 radical (unpaired) electrons. The lowest BCUT2D eigenvalue weighted by atomic mass is 10.5. The average molecular weight is 344 g/mol. The van der Waals surface area contributed by atoms with Gasteiger partial charge in [-0.2, -0.15) is 8.60 Å². The molecule has 0 atom stereocenters. The fraction of sp³-hybridized carbons (Fsp3) is 0.600. The lowest BCUT2D eigenvalue weighted by molar-refractivity contribution is -0.671. The second-order valence-electron chi connectivity index (χ2n) is 5.04. The number of aryl methyl sites for hydroxylation is 4. The number of hydrogen-bond acceptors (Lipinski definition) is 3. The van der Waals surface area contributed by atoms with Gasteiger partial charge in [0.1, 0.15) is 24.8 Å². The molecule has 0 unspecified atom stereocenters. The van der Waals surface area contributed by atoms with Gasteiger partial charge in [0.2, 0.25) is 12.7 Å². The molecule has 0 aromatic carbocycles. The Labute approximate surface area is 140 Å². The van der Waals surface area contributed by atoms with Crippen LogP contribution in [0.3, 0.4) is 0 Å². The Balaban J connectivity index is 0.000000332. The van der Waals surface area contributed by atoms with E-state index in [1.807, 2.05) is 14.1 Å². The summed E-state index contributed by atoms with van der Waals surface area (Å²) in [7, 11) is 2.57. The topological polar surface area (TPSA) is 73.0 Å². The van der Waals surface area contributed by atoms with E-state index in [0.717, 1.165) is 20.2 Å². The van der Waals surface area contributed by atoms with Crippen LogP contribution < -0.4 is 18.9 Å². The minimum Gasteiger partial charge on any atom is -0.820 e. The quantitative estimate of drug-likeness (QED) is 0.567. The zero-order valence-corrected chi connectivity index (χ0v) is 15.6. The minimum atomic E-state index is -2.60. The average Bonchev–Trinajstić information content (AvgIpc) is 3.10. The number of hydrogen-bond donors (Lipinski definition) is 0. The van der Waals surface area contributed by atoms with Gasteiger partial charge in [0.15, 0.2) is 0 Å². The van der Waals surface area contributed by atoms with Gasteiger partial charge in [-0.15, -0.1) is 0 Å². The fourth-order valence-corrected chi connectivity index (χ4v) is 1.78. The van der Waals surface area contributed by atoms with Crippen LogP contribution in [-0.4, -0.2) is 16.2 Å². The van der Waals surface area contributed by atoms with Gasteiger partial charge < -0.3 is 14.3 Å². The molecule has 0 aliphatic carbocycles. The molecule has 2 heterocycles. The second kappa shape index (κ2) is 13.2. The largest absolute Gasteiger partial charge is 0.820 e. The van der Waals surface area contributed by atoms with Crippen molar-refractivity contribution >= 4 is 8.60 Å². The van der Waals surface area contributed by atoms with Crippen LogP contribution >= 0.6 is 8.60 Å². The first-order valence-corrected chi connectivity index (χ1v) is 8.72. The summed E-state index contributed by atoms with van der Waals surface area (Å²) in [5.74, 6) is 0. The first-order chi connectivity index (χ1) is 10.9. The Bertz CT molecular complexity index is 472. The summed E-state index contributed by atoms with van der Waals surface area (Å²) >= 11 is 0. The van der Waals surface area contributed by atoms with Gasteiger partial charge in [0, 0.05) is 7.11 Å². The van der Waals surface area contributed by atoms with E-state index in [1.54, 1.807) is 0 Å². The van der Waals surface area contributed by atoms with Crippen LogP contribution in [0.15, 0.2) is 37.4 Å². The smallest absolute Gasteiger partial charge is 0.243 e. The Kier molecular flexibility index (Phi) is 12.5. The van der Waals surface area contributed by atoms with Crippen molar-refractivity contribution in [2.45, 2.75) is 39.8 Å². The Morgan fingerprint density at radius 3 is 1.43 bits per heavy atom. The SMILES string of the molecule is CCCn1cc[n+](C)c1.CCCn1cc[n+](C)c1.COP([O-])[O-]. The molecule has 0 fully saturated rings. The third-order valence-electron chi connectivity index (χ3n) is 2.76. The number of rotatable bonds is 5. The molecule has 0 N–H and O–H groups in total. The molecule has 23 heavy (non-hydrogen) atoms. The Morgan fingerprint density at radius 1 is 0.913 bits per heavy atom. The van der Waals surface area contributed by atoms with Crippen molar-refractivity contribution in [3.63, 3.8) is 0 Å². The van der Waals surface area contributed by atoms with E-state index in [2.05, 4.69) is 74.1 Å². The van der Waals surface area contributed by atoms with Crippen molar-refractivity contribution in [2.24, 2.45) is 14.1 Å². The van der Waals surface area contributed by atoms with E-state index >= 15 is 0 Å². The molecule has 7 nitrogen and oxygen atoms in total. The van der Waals surface area contributed by atoms with Crippen molar-refractivity contribution in [2.75, 3.05) is 7.11 Å². The first-order valence-electron chi connectivity index (χ1n) is 7.63. The van der Waals surface area contributed by atoms with E-state index in [1.165, 1.54) is 12.8 Å². The van der Waals surface area contributed by atoms with Crippen LogP contribution in [0.1, 0.15) is 26.7 Å². The molecule has 0 saturated carbocycles.